The Kier molecular flexibility index (Phi) is 6.28. The lowest BCUT2D eigenvalue weighted by atomic mass is 9.94. The average molecular weight is 452 g/mol. The smallest absolute Gasteiger partial charge is 0.273 e. The van der Waals surface area contributed by atoms with Gasteiger partial charge in [-0.05, 0) is 91.1 Å². The number of aromatic nitrogens is 1. The number of halogens is 1. The van der Waals surface area contributed by atoms with Crippen molar-refractivity contribution in [1.29, 1.82) is 0 Å². The van der Waals surface area contributed by atoms with E-state index in [9.17, 15) is 9.18 Å². The zero-order chi connectivity index (χ0) is 22.8. The van der Waals surface area contributed by atoms with Gasteiger partial charge in [0, 0.05) is 36.6 Å². The van der Waals surface area contributed by atoms with Crippen molar-refractivity contribution in [1.82, 2.24) is 4.57 Å². The lowest BCUT2D eigenvalue weighted by Gasteiger charge is -2.23. The Morgan fingerprint density at radius 3 is 2.69 bits per heavy atom. The number of aryl methyl sites for hydroxylation is 3. The number of rotatable bonds is 6. The molecule has 3 aromatic rings. The van der Waals surface area contributed by atoms with Gasteiger partial charge in [-0.1, -0.05) is 6.58 Å². The second-order valence-corrected chi connectivity index (χ2v) is 8.68. The number of fused-ring (bicyclic) bond motifs is 1. The van der Waals surface area contributed by atoms with Crippen molar-refractivity contribution in [2.24, 2.45) is 7.05 Å². The van der Waals surface area contributed by atoms with E-state index >= 15 is 0 Å². The summed E-state index contributed by atoms with van der Waals surface area (Å²) >= 11 is 1.38. The number of hydrogen-bond donors (Lipinski definition) is 2. The minimum Gasteiger partial charge on any atom is -0.456 e. The molecule has 2 heterocycles. The first-order valence-corrected chi connectivity index (χ1v) is 11.3. The summed E-state index contributed by atoms with van der Waals surface area (Å²) in [6.07, 6.45) is 3.62. The van der Waals surface area contributed by atoms with Crippen LogP contribution in [0.3, 0.4) is 0 Å². The lowest BCUT2D eigenvalue weighted by molar-refractivity contribution is 0.474. The molecule has 0 atom stereocenters. The van der Waals surface area contributed by atoms with Crippen LogP contribution in [0.25, 0.3) is 11.1 Å². The maximum atomic E-state index is 13.8. The third-order valence-corrected chi connectivity index (χ3v) is 6.08. The summed E-state index contributed by atoms with van der Waals surface area (Å²) in [6.45, 7) is 8.18. The zero-order valence-electron chi connectivity index (χ0n) is 18.4. The van der Waals surface area contributed by atoms with E-state index in [0.717, 1.165) is 52.9 Å². The van der Waals surface area contributed by atoms with E-state index in [1.165, 1.54) is 24.1 Å². The molecule has 0 unspecified atom stereocenters. The van der Waals surface area contributed by atoms with Crippen molar-refractivity contribution < 1.29 is 9.13 Å². The van der Waals surface area contributed by atoms with E-state index in [1.54, 1.807) is 17.0 Å². The van der Waals surface area contributed by atoms with Crippen molar-refractivity contribution in [2.75, 3.05) is 16.6 Å². The highest BCUT2D eigenvalue weighted by Crippen LogP contribution is 2.41. The molecule has 0 radical (unpaired) electrons. The van der Waals surface area contributed by atoms with Crippen molar-refractivity contribution in [3.63, 3.8) is 0 Å². The molecule has 0 fully saturated rings. The Morgan fingerprint density at radius 1 is 1.22 bits per heavy atom. The highest BCUT2D eigenvalue weighted by Gasteiger charge is 2.22. The summed E-state index contributed by atoms with van der Waals surface area (Å²) in [5.41, 5.74) is 5.74. The van der Waals surface area contributed by atoms with Crippen LogP contribution < -0.4 is 20.3 Å². The molecule has 32 heavy (non-hydrogen) atoms. The van der Waals surface area contributed by atoms with Gasteiger partial charge in [0.25, 0.3) is 5.56 Å². The van der Waals surface area contributed by atoms with E-state index in [4.69, 9.17) is 4.74 Å². The van der Waals surface area contributed by atoms with E-state index in [0.29, 0.717) is 17.2 Å². The van der Waals surface area contributed by atoms with Crippen LogP contribution in [-0.2, 0) is 13.5 Å². The Hall–Kier alpha value is -3.19. The Bertz CT molecular complexity index is 1230. The molecule has 1 aliphatic heterocycles. The van der Waals surface area contributed by atoms with Crippen LogP contribution in [0.1, 0.15) is 23.1 Å². The van der Waals surface area contributed by atoms with Gasteiger partial charge in [-0.25, -0.2) is 4.39 Å². The number of anilines is 2. The lowest BCUT2D eigenvalue weighted by Crippen LogP contribution is -2.27. The van der Waals surface area contributed by atoms with Crippen molar-refractivity contribution in [3.05, 3.63) is 81.4 Å². The molecule has 0 saturated carbocycles. The summed E-state index contributed by atoms with van der Waals surface area (Å²) in [6, 6.07) is 8.77. The van der Waals surface area contributed by atoms with Gasteiger partial charge in [0.1, 0.15) is 23.0 Å². The molecule has 0 aliphatic carbocycles. The highest BCUT2D eigenvalue weighted by molar-refractivity contribution is 8.03. The fourth-order valence-corrected chi connectivity index (χ4v) is 4.44. The Balaban J connectivity index is 1.90. The number of pyridine rings is 1. The first-order chi connectivity index (χ1) is 15.4. The molecule has 2 aromatic carbocycles. The molecule has 5 nitrogen and oxygen atoms in total. The monoisotopic (exact) mass is 451 g/mol. The molecule has 166 valence electrons. The van der Waals surface area contributed by atoms with Crippen molar-refractivity contribution in [3.8, 4) is 22.6 Å². The molecule has 0 spiro atoms. The maximum Gasteiger partial charge on any atom is 0.273 e. The maximum absolute atomic E-state index is 13.8. The summed E-state index contributed by atoms with van der Waals surface area (Å²) in [5, 5.41) is 4.99. The number of benzene rings is 2. The molecule has 1 aromatic heterocycles. The number of ether oxygens (including phenoxy) is 1. The fraction of sp³-hybridized carbons (Fsp3) is 0.240. The second kappa shape index (κ2) is 9.12. The van der Waals surface area contributed by atoms with Crippen LogP contribution in [0.4, 0.5) is 15.8 Å². The normalized spacial score (nSPS) is 12.6. The largest absolute Gasteiger partial charge is 0.456 e. The molecular formula is C25H26FN3O2S. The van der Waals surface area contributed by atoms with Gasteiger partial charge < -0.3 is 19.3 Å². The van der Waals surface area contributed by atoms with Crippen LogP contribution in [0.2, 0.25) is 0 Å². The third-order valence-electron chi connectivity index (χ3n) is 5.56. The molecular weight excluding hydrogens is 425 g/mol. The summed E-state index contributed by atoms with van der Waals surface area (Å²) in [7, 11) is 1.76. The van der Waals surface area contributed by atoms with E-state index in [-0.39, 0.29) is 11.4 Å². The summed E-state index contributed by atoms with van der Waals surface area (Å²) in [4.78, 5) is 12.7. The molecule has 7 heteroatoms. The van der Waals surface area contributed by atoms with Gasteiger partial charge in [-0.2, -0.15) is 0 Å². The number of nitrogens with zero attached hydrogens (tertiary/aromatic N) is 1. The Morgan fingerprint density at radius 2 is 1.97 bits per heavy atom. The van der Waals surface area contributed by atoms with E-state index in [1.807, 2.05) is 38.2 Å². The zero-order valence-corrected chi connectivity index (χ0v) is 19.2. The molecule has 1 aliphatic rings. The summed E-state index contributed by atoms with van der Waals surface area (Å²) < 4.78 is 25.0. The highest BCUT2D eigenvalue weighted by atomic mass is 32.2. The minimum absolute atomic E-state index is 0.0346. The average Bonchev–Trinajstić information content (AvgIpc) is 2.77. The Labute approximate surface area is 191 Å². The second-order valence-electron chi connectivity index (χ2n) is 7.91. The molecule has 0 saturated heterocycles. The first-order valence-electron chi connectivity index (χ1n) is 10.5. The van der Waals surface area contributed by atoms with Crippen molar-refractivity contribution in [2.45, 2.75) is 26.7 Å². The third kappa shape index (κ3) is 4.25. The quantitative estimate of drug-likeness (QED) is 0.440. The van der Waals surface area contributed by atoms with Crippen LogP contribution in [0.5, 0.6) is 11.5 Å². The predicted molar refractivity (Wildman–Crippen MR) is 131 cm³/mol. The molecule has 0 amide bonds. The molecule has 4 rings (SSSR count). The predicted octanol–water partition coefficient (Wildman–Crippen LogP) is 6.16. The SMILES string of the molecule is C=CSNc1ccc(Oc2c(C)cc(F)cc2C)c(-c2cn(C)c(=O)c3c2CCCN3)c1. The van der Waals surface area contributed by atoms with Gasteiger partial charge in [0.2, 0.25) is 0 Å². The van der Waals surface area contributed by atoms with Crippen LogP contribution >= 0.6 is 11.9 Å². The van der Waals surface area contributed by atoms with Crippen LogP contribution in [0.15, 0.2) is 53.3 Å². The fourth-order valence-electron chi connectivity index (χ4n) is 4.09. The van der Waals surface area contributed by atoms with Gasteiger partial charge in [0.15, 0.2) is 0 Å². The van der Waals surface area contributed by atoms with Crippen LogP contribution in [0, 0.1) is 19.7 Å². The topological polar surface area (TPSA) is 55.3 Å². The first kappa shape index (κ1) is 22.0. The van der Waals surface area contributed by atoms with E-state index in [2.05, 4.69) is 16.6 Å². The van der Waals surface area contributed by atoms with Crippen LogP contribution in [-0.4, -0.2) is 11.1 Å². The van der Waals surface area contributed by atoms with Gasteiger partial charge in [0.05, 0.1) is 0 Å². The molecule has 0 bridgehead atoms. The van der Waals surface area contributed by atoms with Gasteiger partial charge in [-0.15, -0.1) is 0 Å². The number of hydrogen-bond acceptors (Lipinski definition) is 5. The minimum atomic E-state index is -0.285. The van der Waals surface area contributed by atoms with Gasteiger partial charge >= 0.3 is 0 Å². The summed E-state index contributed by atoms with van der Waals surface area (Å²) in [5.74, 6) is 0.987. The number of nitrogens with one attached hydrogen (secondary N) is 2. The standard InChI is InChI=1S/C25H26FN3O2S/c1-5-32-28-18-8-9-22(31-24-15(2)11-17(26)12-16(24)3)20(13-18)21-14-29(4)25(30)23-19(21)7-6-10-27-23/h5,8-9,11-14,27-28H,1,6-7,10H2,2-4H3. The van der Waals surface area contributed by atoms with Crippen molar-refractivity contribution >= 4 is 23.3 Å². The van der Waals surface area contributed by atoms with E-state index < -0.39 is 0 Å². The van der Waals surface area contributed by atoms with Gasteiger partial charge in [-0.3, -0.25) is 4.79 Å². The molecule has 2 N–H and O–H groups in total.